The van der Waals surface area contributed by atoms with Crippen molar-refractivity contribution in [1.29, 1.82) is 0 Å². The molecule has 0 aromatic heterocycles. The Morgan fingerprint density at radius 3 is 2.75 bits per heavy atom. The highest BCUT2D eigenvalue weighted by Gasteiger charge is 2.23. The summed E-state index contributed by atoms with van der Waals surface area (Å²) in [5.41, 5.74) is 8.79. The van der Waals surface area contributed by atoms with Gasteiger partial charge in [-0.1, -0.05) is 36.2 Å². The van der Waals surface area contributed by atoms with Crippen molar-refractivity contribution in [2.24, 2.45) is 5.73 Å². The Morgan fingerprint density at radius 2 is 2.19 bits per heavy atom. The van der Waals surface area contributed by atoms with Crippen molar-refractivity contribution in [3.05, 3.63) is 35.4 Å². The van der Waals surface area contributed by atoms with Crippen LogP contribution in [0.25, 0.3) is 0 Å². The smallest absolute Gasteiger partial charge is 0.0424 e. The van der Waals surface area contributed by atoms with Crippen LogP contribution in [0.1, 0.15) is 36.4 Å². The summed E-state index contributed by atoms with van der Waals surface area (Å²) in [7, 11) is 2.19. The van der Waals surface area contributed by atoms with Gasteiger partial charge in [0.25, 0.3) is 0 Å². The third-order valence-electron chi connectivity index (χ3n) is 3.65. The SMILES string of the molecule is Cc1cccc(C(N)CN(C)C2CCC2)c1. The Hall–Kier alpha value is -0.860. The number of rotatable bonds is 4. The first kappa shape index (κ1) is 11.6. The highest BCUT2D eigenvalue weighted by molar-refractivity contribution is 5.25. The fourth-order valence-corrected chi connectivity index (χ4v) is 2.29. The largest absolute Gasteiger partial charge is 0.323 e. The maximum absolute atomic E-state index is 6.24. The monoisotopic (exact) mass is 218 g/mol. The van der Waals surface area contributed by atoms with Crippen LogP contribution in [0.15, 0.2) is 24.3 Å². The van der Waals surface area contributed by atoms with Gasteiger partial charge in [0.05, 0.1) is 0 Å². The summed E-state index contributed by atoms with van der Waals surface area (Å²) in [6.45, 7) is 3.08. The minimum absolute atomic E-state index is 0.144. The number of nitrogens with two attached hydrogens (primary N) is 1. The van der Waals surface area contributed by atoms with Crippen molar-refractivity contribution in [3.63, 3.8) is 0 Å². The van der Waals surface area contributed by atoms with Gasteiger partial charge in [-0.2, -0.15) is 0 Å². The van der Waals surface area contributed by atoms with Crippen LogP contribution >= 0.6 is 0 Å². The average molecular weight is 218 g/mol. The van der Waals surface area contributed by atoms with Crippen LogP contribution in [0.3, 0.4) is 0 Å². The van der Waals surface area contributed by atoms with Gasteiger partial charge < -0.3 is 10.6 Å². The van der Waals surface area contributed by atoms with Crippen LogP contribution in [-0.4, -0.2) is 24.5 Å². The highest BCUT2D eigenvalue weighted by Crippen LogP contribution is 2.25. The third kappa shape index (κ3) is 2.63. The second kappa shape index (κ2) is 4.98. The molecule has 1 aliphatic carbocycles. The van der Waals surface area contributed by atoms with E-state index in [-0.39, 0.29) is 6.04 Å². The lowest BCUT2D eigenvalue weighted by Gasteiger charge is -2.36. The van der Waals surface area contributed by atoms with Crippen molar-refractivity contribution >= 4 is 0 Å². The first-order chi connectivity index (χ1) is 7.66. The molecule has 0 heterocycles. The van der Waals surface area contributed by atoms with E-state index < -0.39 is 0 Å². The molecule has 1 atom stereocenters. The third-order valence-corrected chi connectivity index (χ3v) is 3.65. The van der Waals surface area contributed by atoms with Gasteiger partial charge in [-0.25, -0.2) is 0 Å². The molecular formula is C14H22N2. The van der Waals surface area contributed by atoms with Gasteiger partial charge in [0.15, 0.2) is 0 Å². The maximum Gasteiger partial charge on any atom is 0.0424 e. The normalized spacial score (nSPS) is 18.5. The fourth-order valence-electron chi connectivity index (χ4n) is 2.29. The topological polar surface area (TPSA) is 29.3 Å². The summed E-state index contributed by atoms with van der Waals surface area (Å²) in [6, 6.07) is 9.45. The molecule has 1 fully saturated rings. The molecule has 1 aromatic rings. The minimum atomic E-state index is 0.144. The minimum Gasteiger partial charge on any atom is -0.323 e. The van der Waals surface area contributed by atoms with Crippen molar-refractivity contribution in [1.82, 2.24) is 4.90 Å². The van der Waals surface area contributed by atoms with E-state index >= 15 is 0 Å². The van der Waals surface area contributed by atoms with E-state index in [0.29, 0.717) is 0 Å². The molecule has 1 saturated carbocycles. The zero-order valence-electron chi connectivity index (χ0n) is 10.3. The number of aryl methyl sites for hydroxylation is 1. The van der Waals surface area contributed by atoms with Crippen LogP contribution < -0.4 is 5.73 Å². The van der Waals surface area contributed by atoms with Gasteiger partial charge >= 0.3 is 0 Å². The quantitative estimate of drug-likeness (QED) is 0.841. The molecule has 0 bridgehead atoms. The van der Waals surface area contributed by atoms with Gasteiger partial charge in [0.2, 0.25) is 0 Å². The summed E-state index contributed by atoms with van der Waals surface area (Å²) in [4.78, 5) is 2.41. The predicted molar refractivity (Wildman–Crippen MR) is 68.4 cm³/mol. The standard InChI is InChI=1S/C14H22N2/c1-11-5-3-6-12(9-11)14(15)10-16(2)13-7-4-8-13/h3,5-6,9,13-14H,4,7-8,10,15H2,1-2H3. The summed E-state index contributed by atoms with van der Waals surface area (Å²) in [6.07, 6.45) is 4.07. The molecule has 88 valence electrons. The summed E-state index contributed by atoms with van der Waals surface area (Å²) < 4.78 is 0. The molecule has 0 spiro atoms. The van der Waals surface area contributed by atoms with Crippen LogP contribution in [0.2, 0.25) is 0 Å². The number of likely N-dealkylation sites (N-methyl/N-ethyl adjacent to an activating group) is 1. The summed E-state index contributed by atoms with van der Waals surface area (Å²) >= 11 is 0. The molecule has 16 heavy (non-hydrogen) atoms. The number of hydrogen-bond acceptors (Lipinski definition) is 2. The first-order valence-electron chi connectivity index (χ1n) is 6.19. The van der Waals surface area contributed by atoms with Crippen LogP contribution in [-0.2, 0) is 0 Å². The molecule has 2 N–H and O–H groups in total. The molecule has 2 rings (SSSR count). The molecule has 1 aliphatic rings. The molecule has 0 aliphatic heterocycles. The first-order valence-corrected chi connectivity index (χ1v) is 6.19. The molecule has 0 saturated heterocycles. The van der Waals surface area contributed by atoms with E-state index in [9.17, 15) is 0 Å². The lowest BCUT2D eigenvalue weighted by atomic mass is 9.91. The maximum atomic E-state index is 6.24. The highest BCUT2D eigenvalue weighted by atomic mass is 15.1. The second-order valence-corrected chi connectivity index (χ2v) is 5.04. The van der Waals surface area contributed by atoms with E-state index in [1.54, 1.807) is 0 Å². The molecule has 1 unspecified atom stereocenters. The van der Waals surface area contributed by atoms with Gasteiger partial charge in [-0.15, -0.1) is 0 Å². The molecule has 2 nitrogen and oxygen atoms in total. The van der Waals surface area contributed by atoms with E-state index in [1.165, 1.54) is 30.4 Å². The van der Waals surface area contributed by atoms with Crippen molar-refractivity contribution in [3.8, 4) is 0 Å². The van der Waals surface area contributed by atoms with Gasteiger partial charge in [-0.05, 0) is 32.4 Å². The Balaban J connectivity index is 1.93. The van der Waals surface area contributed by atoms with Crippen molar-refractivity contribution in [2.75, 3.05) is 13.6 Å². The second-order valence-electron chi connectivity index (χ2n) is 5.04. The van der Waals surface area contributed by atoms with Crippen LogP contribution in [0.4, 0.5) is 0 Å². The lowest BCUT2D eigenvalue weighted by molar-refractivity contribution is 0.152. The summed E-state index contributed by atoms with van der Waals surface area (Å²) in [5.74, 6) is 0. The van der Waals surface area contributed by atoms with E-state index in [2.05, 4.69) is 43.1 Å². The molecule has 2 heteroatoms. The zero-order chi connectivity index (χ0) is 11.5. The number of benzene rings is 1. The number of nitrogens with zero attached hydrogens (tertiary/aromatic N) is 1. The molecular weight excluding hydrogens is 196 g/mol. The van der Waals surface area contributed by atoms with E-state index in [0.717, 1.165) is 12.6 Å². The lowest BCUT2D eigenvalue weighted by Crippen LogP contribution is -2.41. The molecule has 1 aromatic carbocycles. The Kier molecular flexibility index (Phi) is 3.62. The number of hydrogen-bond donors (Lipinski definition) is 1. The average Bonchev–Trinajstić information content (AvgIpc) is 2.14. The van der Waals surface area contributed by atoms with Crippen molar-refractivity contribution < 1.29 is 0 Å². The van der Waals surface area contributed by atoms with Gasteiger partial charge in [0, 0.05) is 18.6 Å². The Bertz CT molecular complexity index is 344. The van der Waals surface area contributed by atoms with Crippen molar-refractivity contribution in [2.45, 2.75) is 38.3 Å². The zero-order valence-corrected chi connectivity index (χ0v) is 10.3. The molecule has 0 amide bonds. The predicted octanol–water partition coefficient (Wildman–Crippen LogP) is 2.48. The van der Waals surface area contributed by atoms with Crippen LogP contribution in [0.5, 0.6) is 0 Å². The van der Waals surface area contributed by atoms with E-state index in [1.807, 2.05) is 0 Å². The van der Waals surface area contributed by atoms with Crippen LogP contribution in [0, 0.1) is 6.92 Å². The molecule has 0 radical (unpaired) electrons. The van der Waals surface area contributed by atoms with Gasteiger partial charge in [-0.3, -0.25) is 0 Å². The Morgan fingerprint density at radius 1 is 1.44 bits per heavy atom. The van der Waals surface area contributed by atoms with Gasteiger partial charge in [0.1, 0.15) is 0 Å². The fraction of sp³-hybridized carbons (Fsp3) is 0.571. The summed E-state index contributed by atoms with van der Waals surface area (Å²) in [5, 5.41) is 0. The Labute approximate surface area is 98.4 Å². The van der Waals surface area contributed by atoms with E-state index in [4.69, 9.17) is 5.73 Å².